The maximum Gasteiger partial charge on any atom is 0.338 e. The van der Waals surface area contributed by atoms with Gasteiger partial charge in [0.05, 0.1) is 19.8 Å². The standard InChI is InChI=1S/C20H18O4/c1-22-18-11-10-15(12-19(18)23-2)20(21)24-13-16-8-5-7-14-6-3-4-9-17(14)16/h3-12H,13H2,1-2H3. The van der Waals surface area contributed by atoms with Gasteiger partial charge < -0.3 is 14.2 Å². The molecule has 0 atom stereocenters. The number of esters is 1. The molecule has 0 spiro atoms. The van der Waals surface area contributed by atoms with Crippen LogP contribution in [0.4, 0.5) is 0 Å². The van der Waals surface area contributed by atoms with Crippen molar-refractivity contribution in [1.82, 2.24) is 0 Å². The molecule has 0 aliphatic carbocycles. The van der Waals surface area contributed by atoms with E-state index in [-0.39, 0.29) is 6.61 Å². The van der Waals surface area contributed by atoms with Crippen molar-refractivity contribution in [3.8, 4) is 11.5 Å². The molecular formula is C20H18O4. The summed E-state index contributed by atoms with van der Waals surface area (Å²) in [4.78, 5) is 12.3. The Morgan fingerprint density at radius 3 is 2.42 bits per heavy atom. The van der Waals surface area contributed by atoms with E-state index in [1.807, 2.05) is 42.5 Å². The molecule has 0 N–H and O–H groups in total. The molecule has 0 unspecified atom stereocenters. The van der Waals surface area contributed by atoms with Crippen molar-refractivity contribution in [3.63, 3.8) is 0 Å². The Balaban J connectivity index is 1.78. The lowest BCUT2D eigenvalue weighted by molar-refractivity contribution is 0.0474. The molecule has 4 nitrogen and oxygen atoms in total. The molecule has 4 heteroatoms. The first-order chi connectivity index (χ1) is 11.7. The normalized spacial score (nSPS) is 10.4. The van der Waals surface area contributed by atoms with Crippen LogP contribution in [0.5, 0.6) is 11.5 Å². The van der Waals surface area contributed by atoms with E-state index in [4.69, 9.17) is 14.2 Å². The Morgan fingerprint density at radius 1 is 0.875 bits per heavy atom. The minimum atomic E-state index is -0.399. The number of rotatable bonds is 5. The Labute approximate surface area is 140 Å². The van der Waals surface area contributed by atoms with Crippen molar-refractivity contribution < 1.29 is 19.0 Å². The molecule has 0 saturated heterocycles. The second-order valence-corrected chi connectivity index (χ2v) is 5.28. The van der Waals surface area contributed by atoms with Crippen molar-refractivity contribution in [2.24, 2.45) is 0 Å². The first-order valence-electron chi connectivity index (χ1n) is 7.58. The second kappa shape index (κ2) is 7.04. The Hall–Kier alpha value is -3.01. The average molecular weight is 322 g/mol. The smallest absolute Gasteiger partial charge is 0.338 e. The summed E-state index contributed by atoms with van der Waals surface area (Å²) in [5, 5.41) is 2.21. The van der Waals surface area contributed by atoms with Crippen LogP contribution in [-0.2, 0) is 11.3 Å². The van der Waals surface area contributed by atoms with E-state index >= 15 is 0 Å². The summed E-state index contributed by atoms with van der Waals surface area (Å²) in [5.74, 6) is 0.670. The highest BCUT2D eigenvalue weighted by Gasteiger charge is 2.12. The molecule has 0 fully saturated rings. The molecule has 122 valence electrons. The molecule has 3 aromatic carbocycles. The van der Waals surface area contributed by atoms with Gasteiger partial charge in [0.1, 0.15) is 6.61 Å². The molecule has 3 aromatic rings. The summed E-state index contributed by atoms with van der Waals surface area (Å²) in [7, 11) is 3.08. The number of hydrogen-bond acceptors (Lipinski definition) is 4. The van der Waals surface area contributed by atoms with Gasteiger partial charge in [0.25, 0.3) is 0 Å². The van der Waals surface area contributed by atoms with Gasteiger partial charge in [-0.2, -0.15) is 0 Å². The third-order valence-electron chi connectivity index (χ3n) is 3.86. The fourth-order valence-electron chi connectivity index (χ4n) is 2.61. The molecule has 0 radical (unpaired) electrons. The predicted octanol–water partition coefficient (Wildman–Crippen LogP) is 4.21. The maximum atomic E-state index is 12.3. The monoisotopic (exact) mass is 322 g/mol. The first kappa shape index (κ1) is 15.9. The summed E-state index contributed by atoms with van der Waals surface area (Å²) in [6.07, 6.45) is 0. The van der Waals surface area contributed by atoms with E-state index in [1.54, 1.807) is 25.3 Å². The van der Waals surface area contributed by atoms with Crippen LogP contribution in [0, 0.1) is 0 Å². The van der Waals surface area contributed by atoms with Gasteiger partial charge in [-0.25, -0.2) is 4.79 Å². The zero-order valence-electron chi connectivity index (χ0n) is 13.6. The topological polar surface area (TPSA) is 44.8 Å². The molecule has 0 saturated carbocycles. The van der Waals surface area contributed by atoms with Crippen molar-refractivity contribution in [2.75, 3.05) is 14.2 Å². The molecule has 3 rings (SSSR count). The summed E-state index contributed by atoms with van der Waals surface area (Å²) < 4.78 is 15.8. The van der Waals surface area contributed by atoms with E-state index in [1.165, 1.54) is 7.11 Å². The van der Waals surface area contributed by atoms with E-state index in [9.17, 15) is 4.79 Å². The number of benzene rings is 3. The van der Waals surface area contributed by atoms with Gasteiger partial charge in [-0.3, -0.25) is 0 Å². The molecule has 0 heterocycles. The molecule has 0 aliphatic heterocycles. The van der Waals surface area contributed by atoms with Gasteiger partial charge in [0, 0.05) is 0 Å². The van der Waals surface area contributed by atoms with Crippen LogP contribution < -0.4 is 9.47 Å². The highest BCUT2D eigenvalue weighted by Crippen LogP contribution is 2.28. The molecule has 24 heavy (non-hydrogen) atoms. The van der Waals surface area contributed by atoms with Gasteiger partial charge in [-0.1, -0.05) is 42.5 Å². The number of fused-ring (bicyclic) bond motifs is 1. The number of carbonyl (C=O) groups is 1. The molecule has 0 amide bonds. The van der Waals surface area contributed by atoms with Gasteiger partial charge in [0.2, 0.25) is 0 Å². The lowest BCUT2D eigenvalue weighted by Crippen LogP contribution is -2.06. The maximum absolute atomic E-state index is 12.3. The van der Waals surface area contributed by atoms with Crippen LogP contribution in [-0.4, -0.2) is 20.2 Å². The van der Waals surface area contributed by atoms with Crippen molar-refractivity contribution in [2.45, 2.75) is 6.61 Å². The lowest BCUT2D eigenvalue weighted by Gasteiger charge is -2.10. The Kier molecular flexibility index (Phi) is 4.66. The highest BCUT2D eigenvalue weighted by molar-refractivity contribution is 5.91. The quantitative estimate of drug-likeness (QED) is 0.660. The van der Waals surface area contributed by atoms with E-state index in [0.717, 1.165) is 16.3 Å². The van der Waals surface area contributed by atoms with Crippen molar-refractivity contribution >= 4 is 16.7 Å². The third kappa shape index (κ3) is 3.18. The lowest BCUT2D eigenvalue weighted by atomic mass is 10.1. The van der Waals surface area contributed by atoms with Crippen LogP contribution in [0.3, 0.4) is 0 Å². The van der Waals surface area contributed by atoms with Gasteiger partial charge >= 0.3 is 5.97 Å². The SMILES string of the molecule is COc1ccc(C(=O)OCc2cccc3ccccc23)cc1OC. The summed E-state index contributed by atoms with van der Waals surface area (Å²) >= 11 is 0. The Bertz CT molecular complexity index is 865. The number of ether oxygens (including phenoxy) is 3. The van der Waals surface area contributed by atoms with Gasteiger partial charge in [-0.05, 0) is 34.5 Å². The largest absolute Gasteiger partial charge is 0.493 e. The van der Waals surface area contributed by atoms with Crippen LogP contribution in [0.15, 0.2) is 60.7 Å². The van der Waals surface area contributed by atoms with Crippen LogP contribution in [0.25, 0.3) is 10.8 Å². The summed E-state index contributed by atoms with van der Waals surface area (Å²) in [6, 6.07) is 18.9. The Morgan fingerprint density at radius 2 is 1.62 bits per heavy atom. The highest BCUT2D eigenvalue weighted by atomic mass is 16.5. The zero-order chi connectivity index (χ0) is 16.9. The second-order valence-electron chi connectivity index (χ2n) is 5.28. The first-order valence-corrected chi connectivity index (χ1v) is 7.58. The van der Waals surface area contributed by atoms with Crippen LogP contribution in [0.2, 0.25) is 0 Å². The van der Waals surface area contributed by atoms with Gasteiger partial charge in [-0.15, -0.1) is 0 Å². The summed E-state index contributed by atoms with van der Waals surface area (Å²) in [6.45, 7) is 0.217. The zero-order valence-corrected chi connectivity index (χ0v) is 13.6. The van der Waals surface area contributed by atoms with Crippen molar-refractivity contribution in [3.05, 3.63) is 71.8 Å². The number of carbonyl (C=O) groups excluding carboxylic acids is 1. The average Bonchev–Trinajstić information content (AvgIpc) is 2.65. The molecule has 0 aromatic heterocycles. The number of methoxy groups -OCH3 is 2. The fraction of sp³-hybridized carbons (Fsp3) is 0.150. The predicted molar refractivity (Wildman–Crippen MR) is 92.6 cm³/mol. The molecule has 0 bridgehead atoms. The van der Waals surface area contributed by atoms with Gasteiger partial charge in [0.15, 0.2) is 11.5 Å². The molecule has 0 aliphatic rings. The minimum Gasteiger partial charge on any atom is -0.493 e. The molecular weight excluding hydrogens is 304 g/mol. The van der Waals surface area contributed by atoms with E-state index < -0.39 is 5.97 Å². The third-order valence-corrected chi connectivity index (χ3v) is 3.86. The van der Waals surface area contributed by atoms with Crippen molar-refractivity contribution in [1.29, 1.82) is 0 Å². The van der Waals surface area contributed by atoms with Crippen LogP contribution >= 0.6 is 0 Å². The van der Waals surface area contributed by atoms with Crippen LogP contribution in [0.1, 0.15) is 15.9 Å². The van der Waals surface area contributed by atoms with E-state index in [2.05, 4.69) is 0 Å². The van der Waals surface area contributed by atoms with E-state index in [0.29, 0.717) is 17.1 Å². The summed E-state index contributed by atoms with van der Waals surface area (Å²) in [5.41, 5.74) is 1.40. The fourth-order valence-corrected chi connectivity index (χ4v) is 2.61. The number of hydrogen-bond donors (Lipinski definition) is 0. The minimum absolute atomic E-state index is 0.217.